The van der Waals surface area contributed by atoms with Gasteiger partial charge in [0.05, 0.1) is 5.56 Å². The number of aromatic nitrogens is 1. The first-order chi connectivity index (χ1) is 8.22. The predicted molar refractivity (Wildman–Crippen MR) is 68.5 cm³/mol. The molecule has 0 saturated heterocycles. The highest BCUT2D eigenvalue weighted by molar-refractivity contribution is 5.98. The summed E-state index contributed by atoms with van der Waals surface area (Å²) in [4.78, 5) is 16.0. The molecule has 1 rings (SSSR count). The van der Waals surface area contributed by atoms with Gasteiger partial charge in [-0.2, -0.15) is 0 Å². The fraction of sp³-hybridized carbons (Fsp3) is 0.500. The van der Waals surface area contributed by atoms with Crippen LogP contribution < -0.4 is 16.6 Å². The van der Waals surface area contributed by atoms with Crippen molar-refractivity contribution >= 4 is 11.7 Å². The fourth-order valence-electron chi connectivity index (χ4n) is 1.69. The molecule has 0 bridgehead atoms. The van der Waals surface area contributed by atoms with E-state index < -0.39 is 0 Å². The first-order valence-corrected chi connectivity index (χ1v) is 5.95. The number of hydrogen-bond acceptors (Lipinski definition) is 4. The van der Waals surface area contributed by atoms with Gasteiger partial charge in [0.1, 0.15) is 0 Å². The summed E-state index contributed by atoms with van der Waals surface area (Å²) in [5.74, 6) is 5.58. The van der Waals surface area contributed by atoms with E-state index in [1.807, 2.05) is 0 Å². The number of nitrogens with one attached hydrogen (secondary N) is 2. The molecule has 1 aromatic heterocycles. The second-order valence-electron chi connectivity index (χ2n) is 3.91. The van der Waals surface area contributed by atoms with Crippen LogP contribution in [0.3, 0.4) is 0 Å². The Hall–Kier alpha value is -1.62. The summed E-state index contributed by atoms with van der Waals surface area (Å²) in [6.07, 6.45) is 4.54. The number of nitrogens with two attached hydrogens (primary N) is 1. The number of rotatable bonds is 6. The minimum atomic E-state index is -0.133. The van der Waals surface area contributed by atoms with Crippen LogP contribution in [0.5, 0.6) is 0 Å². The smallest absolute Gasteiger partial charge is 0.255 e. The highest BCUT2D eigenvalue weighted by Gasteiger charge is 2.14. The summed E-state index contributed by atoms with van der Waals surface area (Å²) in [6, 6.07) is 3.63. The maximum absolute atomic E-state index is 12.0. The summed E-state index contributed by atoms with van der Waals surface area (Å²) >= 11 is 0. The van der Waals surface area contributed by atoms with E-state index in [1.165, 1.54) is 0 Å². The van der Waals surface area contributed by atoms with E-state index in [0.717, 1.165) is 19.3 Å². The van der Waals surface area contributed by atoms with Crippen molar-refractivity contribution in [2.45, 2.75) is 39.2 Å². The number of nitrogens with zero attached hydrogens (tertiary/aromatic N) is 1. The van der Waals surface area contributed by atoms with Crippen molar-refractivity contribution in [2.75, 3.05) is 5.43 Å². The van der Waals surface area contributed by atoms with Gasteiger partial charge in [-0.05, 0) is 25.0 Å². The van der Waals surface area contributed by atoms with E-state index in [9.17, 15) is 4.79 Å². The molecular formula is C12H20N4O. The van der Waals surface area contributed by atoms with Gasteiger partial charge in [-0.1, -0.05) is 20.3 Å². The third kappa shape index (κ3) is 3.71. The predicted octanol–water partition coefficient (Wildman–Crippen LogP) is 1.68. The number of amides is 1. The standard InChI is InChI=1S/C12H20N4O/c1-3-6-9(4-2)15-12(17)10-7-5-8-14-11(10)16-13/h5,7-9H,3-4,6,13H2,1-2H3,(H,14,16)(H,15,17). The summed E-state index contributed by atoms with van der Waals surface area (Å²) < 4.78 is 0. The van der Waals surface area contributed by atoms with E-state index in [-0.39, 0.29) is 11.9 Å². The molecule has 1 atom stereocenters. The molecule has 0 radical (unpaired) electrons. The molecule has 0 aliphatic carbocycles. The number of pyridine rings is 1. The molecule has 94 valence electrons. The van der Waals surface area contributed by atoms with Gasteiger partial charge in [0.15, 0.2) is 5.82 Å². The van der Waals surface area contributed by atoms with Gasteiger partial charge in [0.25, 0.3) is 5.91 Å². The summed E-state index contributed by atoms with van der Waals surface area (Å²) in [7, 11) is 0. The Kier molecular flexibility index (Phi) is 5.42. The van der Waals surface area contributed by atoms with Crippen LogP contribution in [0, 0.1) is 0 Å². The first-order valence-electron chi connectivity index (χ1n) is 5.95. The fourth-order valence-corrected chi connectivity index (χ4v) is 1.69. The third-order valence-corrected chi connectivity index (χ3v) is 2.65. The van der Waals surface area contributed by atoms with E-state index in [1.54, 1.807) is 18.3 Å². The van der Waals surface area contributed by atoms with Crippen LogP contribution in [0.1, 0.15) is 43.5 Å². The number of hydrogen-bond donors (Lipinski definition) is 3. The zero-order chi connectivity index (χ0) is 12.7. The largest absolute Gasteiger partial charge is 0.349 e. The van der Waals surface area contributed by atoms with E-state index >= 15 is 0 Å². The average molecular weight is 236 g/mol. The maximum Gasteiger partial charge on any atom is 0.255 e. The van der Waals surface area contributed by atoms with Crippen molar-refractivity contribution in [2.24, 2.45) is 5.84 Å². The Morgan fingerprint density at radius 3 is 2.88 bits per heavy atom. The third-order valence-electron chi connectivity index (χ3n) is 2.65. The van der Waals surface area contributed by atoms with E-state index in [2.05, 4.69) is 29.6 Å². The van der Waals surface area contributed by atoms with Crippen molar-refractivity contribution in [1.29, 1.82) is 0 Å². The average Bonchev–Trinajstić information content (AvgIpc) is 2.38. The van der Waals surface area contributed by atoms with Crippen LogP contribution >= 0.6 is 0 Å². The Labute approximate surface area is 102 Å². The van der Waals surface area contributed by atoms with Gasteiger partial charge in [0.2, 0.25) is 0 Å². The van der Waals surface area contributed by atoms with E-state index in [0.29, 0.717) is 11.4 Å². The zero-order valence-electron chi connectivity index (χ0n) is 10.4. The highest BCUT2D eigenvalue weighted by atomic mass is 16.1. The molecular weight excluding hydrogens is 216 g/mol. The van der Waals surface area contributed by atoms with Crippen LogP contribution in [-0.4, -0.2) is 16.9 Å². The van der Waals surface area contributed by atoms with Crippen molar-refractivity contribution in [3.8, 4) is 0 Å². The minimum Gasteiger partial charge on any atom is -0.349 e. The molecule has 0 aliphatic rings. The van der Waals surface area contributed by atoms with Crippen molar-refractivity contribution in [3.05, 3.63) is 23.9 Å². The molecule has 0 spiro atoms. The van der Waals surface area contributed by atoms with Crippen LogP contribution in [0.2, 0.25) is 0 Å². The van der Waals surface area contributed by atoms with Gasteiger partial charge in [-0.25, -0.2) is 10.8 Å². The minimum absolute atomic E-state index is 0.133. The highest BCUT2D eigenvalue weighted by Crippen LogP contribution is 2.11. The van der Waals surface area contributed by atoms with Crippen LogP contribution in [-0.2, 0) is 0 Å². The first kappa shape index (κ1) is 13.4. The summed E-state index contributed by atoms with van der Waals surface area (Å²) in [5.41, 5.74) is 2.90. The Balaban J connectivity index is 2.75. The lowest BCUT2D eigenvalue weighted by Crippen LogP contribution is -2.35. The Morgan fingerprint density at radius 1 is 1.53 bits per heavy atom. The normalized spacial score (nSPS) is 11.9. The van der Waals surface area contributed by atoms with Crippen LogP contribution in [0.25, 0.3) is 0 Å². The van der Waals surface area contributed by atoms with Crippen molar-refractivity contribution in [1.82, 2.24) is 10.3 Å². The molecule has 1 heterocycles. The molecule has 4 N–H and O–H groups in total. The van der Waals surface area contributed by atoms with Crippen molar-refractivity contribution in [3.63, 3.8) is 0 Å². The van der Waals surface area contributed by atoms with Crippen molar-refractivity contribution < 1.29 is 4.79 Å². The molecule has 0 aromatic carbocycles. The second-order valence-corrected chi connectivity index (χ2v) is 3.91. The molecule has 1 aromatic rings. The number of carbonyl (C=O) groups is 1. The topological polar surface area (TPSA) is 80.0 Å². The molecule has 1 unspecified atom stereocenters. The van der Waals surface area contributed by atoms with Gasteiger partial charge in [-0.15, -0.1) is 0 Å². The van der Waals surface area contributed by atoms with Gasteiger partial charge in [-0.3, -0.25) is 4.79 Å². The lowest BCUT2D eigenvalue weighted by molar-refractivity contribution is 0.0934. The lowest BCUT2D eigenvalue weighted by Gasteiger charge is -2.16. The Bertz CT molecular complexity index is 367. The number of anilines is 1. The molecule has 0 fully saturated rings. The quantitative estimate of drug-likeness (QED) is 0.518. The lowest BCUT2D eigenvalue weighted by atomic mass is 10.1. The molecule has 1 amide bonds. The van der Waals surface area contributed by atoms with Gasteiger partial charge < -0.3 is 10.7 Å². The summed E-state index contributed by atoms with van der Waals surface area (Å²) in [5, 5.41) is 2.98. The zero-order valence-corrected chi connectivity index (χ0v) is 10.4. The van der Waals surface area contributed by atoms with Gasteiger partial charge >= 0.3 is 0 Å². The van der Waals surface area contributed by atoms with Crippen LogP contribution in [0.4, 0.5) is 5.82 Å². The second kappa shape index (κ2) is 6.85. The Morgan fingerprint density at radius 2 is 2.29 bits per heavy atom. The molecule has 5 nitrogen and oxygen atoms in total. The molecule has 0 aliphatic heterocycles. The molecule has 17 heavy (non-hydrogen) atoms. The van der Waals surface area contributed by atoms with E-state index in [4.69, 9.17) is 5.84 Å². The van der Waals surface area contributed by atoms with Gasteiger partial charge in [0, 0.05) is 12.2 Å². The number of nitrogen functional groups attached to an aromatic ring is 1. The number of carbonyl (C=O) groups excluding carboxylic acids is 1. The molecule has 0 saturated carbocycles. The number of hydrazine groups is 1. The summed E-state index contributed by atoms with van der Waals surface area (Å²) in [6.45, 7) is 4.16. The SMILES string of the molecule is CCCC(CC)NC(=O)c1cccnc1NN. The maximum atomic E-state index is 12.0. The van der Waals surface area contributed by atoms with Crippen LogP contribution in [0.15, 0.2) is 18.3 Å². The monoisotopic (exact) mass is 236 g/mol. The molecule has 5 heteroatoms.